The first-order valence-electron chi connectivity index (χ1n) is 4.88. The highest BCUT2D eigenvalue weighted by atomic mass is 16.2. The van der Waals surface area contributed by atoms with Crippen molar-refractivity contribution < 1.29 is 9.59 Å². The van der Waals surface area contributed by atoms with Gasteiger partial charge < -0.3 is 16.0 Å². The molecule has 0 bridgehead atoms. The number of nitrogens with one attached hydrogen (secondary N) is 1. The van der Waals surface area contributed by atoms with Crippen molar-refractivity contribution in [3.8, 4) is 0 Å². The molecule has 2 amide bonds. The van der Waals surface area contributed by atoms with Gasteiger partial charge in [0.2, 0.25) is 11.8 Å². The number of hydrogen-bond donors (Lipinski definition) is 2. The summed E-state index contributed by atoms with van der Waals surface area (Å²) in [6, 6.07) is 0. The zero-order valence-corrected chi connectivity index (χ0v) is 8.88. The molecule has 0 aromatic rings. The van der Waals surface area contributed by atoms with E-state index in [2.05, 4.69) is 5.32 Å². The van der Waals surface area contributed by atoms with Gasteiger partial charge >= 0.3 is 0 Å². The normalized spacial score (nSPS) is 9.86. The summed E-state index contributed by atoms with van der Waals surface area (Å²) < 4.78 is 0. The van der Waals surface area contributed by atoms with Crippen LogP contribution in [-0.2, 0) is 9.59 Å². The maximum atomic E-state index is 11.4. The zero-order chi connectivity index (χ0) is 11.0. The molecule has 0 rings (SSSR count). The lowest BCUT2D eigenvalue weighted by molar-refractivity contribution is -0.134. The first-order valence-corrected chi connectivity index (χ1v) is 4.88. The van der Waals surface area contributed by atoms with Crippen molar-refractivity contribution in [1.29, 1.82) is 0 Å². The molecule has 0 aliphatic heterocycles. The van der Waals surface area contributed by atoms with Gasteiger partial charge in [0.15, 0.2) is 0 Å². The Morgan fingerprint density at radius 3 is 2.43 bits per heavy atom. The van der Waals surface area contributed by atoms with Crippen LogP contribution >= 0.6 is 0 Å². The molecule has 0 saturated heterocycles. The van der Waals surface area contributed by atoms with Gasteiger partial charge in [-0.2, -0.15) is 0 Å². The van der Waals surface area contributed by atoms with Crippen molar-refractivity contribution in [2.24, 2.45) is 5.73 Å². The minimum absolute atomic E-state index is 0.00311. The number of carbonyl (C=O) groups is 2. The fraction of sp³-hybridized carbons (Fsp3) is 0.778. The molecule has 0 aromatic heterocycles. The standard InChI is InChI=1S/C9H19N3O2/c1-3-5-11-6-9(14)12(4-2)7-8(10)13/h11H,3-7H2,1-2H3,(H2,10,13). The molecule has 5 heteroatoms. The van der Waals surface area contributed by atoms with Crippen molar-refractivity contribution in [3.63, 3.8) is 0 Å². The Morgan fingerprint density at radius 1 is 1.36 bits per heavy atom. The number of hydrogen-bond acceptors (Lipinski definition) is 3. The van der Waals surface area contributed by atoms with Gasteiger partial charge in [0.05, 0.1) is 13.1 Å². The van der Waals surface area contributed by atoms with E-state index in [1.54, 1.807) is 0 Å². The topological polar surface area (TPSA) is 75.4 Å². The Labute approximate surface area is 84.6 Å². The predicted molar refractivity (Wildman–Crippen MR) is 54.6 cm³/mol. The second-order valence-corrected chi connectivity index (χ2v) is 3.05. The Morgan fingerprint density at radius 2 is 2.00 bits per heavy atom. The summed E-state index contributed by atoms with van der Waals surface area (Å²) >= 11 is 0. The van der Waals surface area contributed by atoms with E-state index in [4.69, 9.17) is 5.73 Å². The van der Waals surface area contributed by atoms with E-state index in [9.17, 15) is 9.59 Å². The van der Waals surface area contributed by atoms with Crippen LogP contribution in [0.1, 0.15) is 20.3 Å². The Kier molecular flexibility index (Phi) is 6.74. The molecule has 0 radical (unpaired) electrons. The summed E-state index contributed by atoms with van der Waals surface area (Å²) in [6.07, 6.45) is 0.981. The third-order valence-electron chi connectivity index (χ3n) is 1.78. The summed E-state index contributed by atoms with van der Waals surface area (Å²) in [5.41, 5.74) is 5.01. The molecular formula is C9H19N3O2. The number of rotatable bonds is 7. The SMILES string of the molecule is CCCNCC(=O)N(CC)CC(N)=O. The molecular weight excluding hydrogens is 182 g/mol. The highest BCUT2D eigenvalue weighted by Crippen LogP contribution is 1.87. The summed E-state index contributed by atoms with van der Waals surface area (Å²) in [4.78, 5) is 23.5. The first-order chi connectivity index (χ1) is 6.61. The highest BCUT2D eigenvalue weighted by molar-refractivity contribution is 5.84. The fourth-order valence-electron chi connectivity index (χ4n) is 1.05. The Bertz CT molecular complexity index is 194. The molecule has 0 aliphatic carbocycles. The lowest BCUT2D eigenvalue weighted by Crippen LogP contribution is -2.42. The molecule has 5 nitrogen and oxygen atoms in total. The number of primary amides is 1. The van der Waals surface area contributed by atoms with Crippen LogP contribution in [0.25, 0.3) is 0 Å². The van der Waals surface area contributed by atoms with Gasteiger partial charge in [0.1, 0.15) is 0 Å². The van der Waals surface area contributed by atoms with E-state index in [1.165, 1.54) is 4.90 Å². The summed E-state index contributed by atoms with van der Waals surface area (Å²) in [6.45, 7) is 5.44. The van der Waals surface area contributed by atoms with Crippen LogP contribution in [0.5, 0.6) is 0 Å². The molecule has 14 heavy (non-hydrogen) atoms. The number of carbonyl (C=O) groups excluding carboxylic acids is 2. The average Bonchev–Trinajstić information content (AvgIpc) is 2.14. The lowest BCUT2D eigenvalue weighted by atomic mass is 10.4. The van der Waals surface area contributed by atoms with Crippen molar-refractivity contribution in [2.75, 3.05) is 26.2 Å². The van der Waals surface area contributed by atoms with Crippen LogP contribution in [-0.4, -0.2) is 42.9 Å². The summed E-state index contributed by atoms with van der Waals surface area (Å²) in [7, 11) is 0. The third-order valence-corrected chi connectivity index (χ3v) is 1.78. The van der Waals surface area contributed by atoms with E-state index in [0.29, 0.717) is 6.54 Å². The lowest BCUT2D eigenvalue weighted by Gasteiger charge is -2.19. The predicted octanol–water partition coefficient (Wildman–Crippen LogP) is -0.680. The van der Waals surface area contributed by atoms with Crippen molar-refractivity contribution in [1.82, 2.24) is 10.2 Å². The number of nitrogens with zero attached hydrogens (tertiary/aromatic N) is 1. The molecule has 0 saturated carbocycles. The Balaban J connectivity index is 3.85. The zero-order valence-electron chi connectivity index (χ0n) is 8.88. The first kappa shape index (κ1) is 12.9. The van der Waals surface area contributed by atoms with Crippen molar-refractivity contribution >= 4 is 11.8 Å². The van der Waals surface area contributed by atoms with Gasteiger partial charge in [-0.25, -0.2) is 0 Å². The molecule has 0 spiro atoms. The molecule has 0 fully saturated rings. The molecule has 0 aliphatic rings. The minimum atomic E-state index is -0.476. The molecule has 0 unspecified atom stereocenters. The molecule has 0 heterocycles. The van der Waals surface area contributed by atoms with E-state index < -0.39 is 5.91 Å². The van der Waals surface area contributed by atoms with Crippen LogP contribution in [0.15, 0.2) is 0 Å². The fourth-order valence-corrected chi connectivity index (χ4v) is 1.05. The second kappa shape index (κ2) is 7.32. The average molecular weight is 201 g/mol. The van der Waals surface area contributed by atoms with Crippen LogP contribution in [0.3, 0.4) is 0 Å². The maximum absolute atomic E-state index is 11.4. The largest absolute Gasteiger partial charge is 0.368 e. The van der Waals surface area contributed by atoms with Gasteiger partial charge in [-0.1, -0.05) is 6.92 Å². The molecule has 3 N–H and O–H groups in total. The van der Waals surface area contributed by atoms with Gasteiger partial charge in [-0.15, -0.1) is 0 Å². The number of nitrogens with two attached hydrogens (primary N) is 1. The minimum Gasteiger partial charge on any atom is -0.368 e. The van der Waals surface area contributed by atoms with Gasteiger partial charge in [0, 0.05) is 6.54 Å². The van der Waals surface area contributed by atoms with Crippen LogP contribution in [0, 0.1) is 0 Å². The van der Waals surface area contributed by atoms with E-state index in [0.717, 1.165) is 13.0 Å². The van der Waals surface area contributed by atoms with Gasteiger partial charge in [-0.3, -0.25) is 9.59 Å². The number of likely N-dealkylation sites (N-methyl/N-ethyl adjacent to an activating group) is 1. The van der Waals surface area contributed by atoms with Crippen LogP contribution in [0.4, 0.5) is 0 Å². The van der Waals surface area contributed by atoms with Crippen molar-refractivity contribution in [2.45, 2.75) is 20.3 Å². The monoisotopic (exact) mass is 201 g/mol. The third kappa shape index (κ3) is 5.53. The quantitative estimate of drug-likeness (QED) is 0.536. The Hall–Kier alpha value is -1.10. The maximum Gasteiger partial charge on any atom is 0.237 e. The van der Waals surface area contributed by atoms with E-state index >= 15 is 0 Å². The van der Waals surface area contributed by atoms with Gasteiger partial charge in [0.25, 0.3) is 0 Å². The van der Waals surface area contributed by atoms with E-state index in [-0.39, 0.29) is 19.0 Å². The van der Waals surface area contributed by atoms with Crippen LogP contribution in [0.2, 0.25) is 0 Å². The second-order valence-electron chi connectivity index (χ2n) is 3.05. The molecule has 0 atom stereocenters. The summed E-state index contributed by atoms with van der Waals surface area (Å²) in [5, 5.41) is 2.98. The highest BCUT2D eigenvalue weighted by Gasteiger charge is 2.12. The van der Waals surface area contributed by atoms with Crippen molar-refractivity contribution in [3.05, 3.63) is 0 Å². The van der Waals surface area contributed by atoms with Crippen LogP contribution < -0.4 is 11.1 Å². The summed E-state index contributed by atoms with van der Waals surface area (Å²) in [5.74, 6) is -0.560. The molecule has 82 valence electrons. The smallest absolute Gasteiger partial charge is 0.237 e. The number of amides is 2. The van der Waals surface area contributed by atoms with E-state index in [1.807, 2.05) is 13.8 Å². The molecule has 0 aromatic carbocycles. The van der Waals surface area contributed by atoms with Gasteiger partial charge in [-0.05, 0) is 19.9 Å².